The quantitative estimate of drug-likeness (QED) is 0.482. The van der Waals surface area contributed by atoms with Crippen LogP contribution >= 0.6 is 12.4 Å². The van der Waals surface area contributed by atoms with E-state index in [2.05, 4.69) is 12.4 Å². The molecule has 0 saturated carbocycles. The van der Waals surface area contributed by atoms with Gasteiger partial charge >= 0.3 is 0 Å². The van der Waals surface area contributed by atoms with Crippen molar-refractivity contribution in [1.29, 1.82) is 0 Å². The number of nitrogens with one attached hydrogen (secondary N) is 1. The number of unbranched alkanes of at least 4 members (excludes halogenated alkanes) is 3. The van der Waals surface area contributed by atoms with Crippen LogP contribution in [0.5, 0.6) is 0 Å². The molecule has 0 heterocycles. The lowest BCUT2D eigenvalue weighted by molar-refractivity contribution is 0.0501. The summed E-state index contributed by atoms with van der Waals surface area (Å²) in [6, 6.07) is 0. The molecule has 0 aromatic heterocycles. The number of hydrogen-bond donors (Lipinski definition) is 1. The molecule has 0 aliphatic carbocycles. The number of rotatable bonds is 7. The Morgan fingerprint density at radius 3 is 2.36 bits per heavy atom. The van der Waals surface area contributed by atoms with Crippen LogP contribution < -0.4 is 5.48 Å². The van der Waals surface area contributed by atoms with Gasteiger partial charge in [0, 0.05) is 6.54 Å². The van der Waals surface area contributed by atoms with Crippen molar-refractivity contribution in [2.75, 3.05) is 13.2 Å². The minimum atomic E-state index is 0. The average Bonchev–Trinajstić information content (AvgIpc) is 1.97. The van der Waals surface area contributed by atoms with Gasteiger partial charge in [-0.05, 0) is 13.3 Å². The molecular formula is C8H20ClNO. The van der Waals surface area contributed by atoms with Gasteiger partial charge in [-0.2, -0.15) is 0 Å². The first-order valence-electron chi connectivity index (χ1n) is 4.26. The second-order valence-corrected chi connectivity index (χ2v) is 2.39. The summed E-state index contributed by atoms with van der Waals surface area (Å²) >= 11 is 0. The van der Waals surface area contributed by atoms with Gasteiger partial charge < -0.3 is 4.84 Å². The van der Waals surface area contributed by atoms with Crippen LogP contribution in [0.15, 0.2) is 0 Å². The third-order valence-corrected chi connectivity index (χ3v) is 1.38. The lowest BCUT2D eigenvalue weighted by Gasteiger charge is -2.01. The Labute approximate surface area is 76.1 Å². The molecule has 3 heteroatoms. The van der Waals surface area contributed by atoms with Crippen LogP contribution in [0.3, 0.4) is 0 Å². The summed E-state index contributed by atoms with van der Waals surface area (Å²) in [4.78, 5) is 4.96. The van der Waals surface area contributed by atoms with Crippen LogP contribution in [-0.4, -0.2) is 13.2 Å². The number of hydrogen-bond acceptors (Lipinski definition) is 2. The lowest BCUT2D eigenvalue weighted by atomic mass is 10.2. The Hall–Kier alpha value is 0.210. The van der Waals surface area contributed by atoms with Gasteiger partial charge in [0.1, 0.15) is 0 Å². The molecule has 0 radical (unpaired) electrons. The average molecular weight is 182 g/mol. The van der Waals surface area contributed by atoms with Crippen molar-refractivity contribution in [3.05, 3.63) is 0 Å². The highest BCUT2D eigenvalue weighted by Gasteiger charge is 1.85. The summed E-state index contributed by atoms with van der Waals surface area (Å²) in [5, 5.41) is 0. The van der Waals surface area contributed by atoms with Crippen molar-refractivity contribution in [2.24, 2.45) is 0 Å². The molecule has 70 valence electrons. The zero-order valence-electron chi connectivity index (χ0n) is 7.56. The Balaban J connectivity index is 0. The van der Waals surface area contributed by atoms with E-state index in [9.17, 15) is 0 Å². The minimum Gasteiger partial charge on any atom is -0.302 e. The molecule has 0 spiro atoms. The lowest BCUT2D eigenvalue weighted by Crippen LogP contribution is -2.15. The number of halogens is 1. The summed E-state index contributed by atoms with van der Waals surface area (Å²) in [5.74, 6) is 0. The first kappa shape index (κ1) is 13.8. The predicted octanol–water partition coefficient (Wildman–Crippen LogP) is 2.53. The Kier molecular flexibility index (Phi) is 16.1. The van der Waals surface area contributed by atoms with Crippen LogP contribution in [0.25, 0.3) is 0 Å². The molecule has 1 N–H and O–H groups in total. The third kappa shape index (κ3) is 13.2. The Bertz CT molecular complexity index is 54.1. The van der Waals surface area contributed by atoms with Crippen LogP contribution in [-0.2, 0) is 4.84 Å². The van der Waals surface area contributed by atoms with Crippen molar-refractivity contribution in [2.45, 2.75) is 39.5 Å². The minimum absolute atomic E-state index is 0. The van der Waals surface area contributed by atoms with Crippen molar-refractivity contribution in [3.63, 3.8) is 0 Å². The molecule has 2 nitrogen and oxygen atoms in total. The first-order valence-corrected chi connectivity index (χ1v) is 4.26. The Morgan fingerprint density at radius 2 is 1.82 bits per heavy atom. The molecule has 0 aromatic rings. The fourth-order valence-corrected chi connectivity index (χ4v) is 0.798. The molecule has 0 aliphatic rings. The SMILES string of the molecule is CCCCCCNOCC.Cl. The van der Waals surface area contributed by atoms with Gasteiger partial charge in [0.25, 0.3) is 0 Å². The van der Waals surface area contributed by atoms with Gasteiger partial charge in [0.15, 0.2) is 0 Å². The molecule has 0 fully saturated rings. The van der Waals surface area contributed by atoms with E-state index < -0.39 is 0 Å². The van der Waals surface area contributed by atoms with Crippen molar-refractivity contribution in [1.82, 2.24) is 5.48 Å². The van der Waals surface area contributed by atoms with Gasteiger partial charge in [-0.25, -0.2) is 5.48 Å². The zero-order chi connectivity index (χ0) is 7.66. The molecule has 0 saturated heterocycles. The molecule has 0 unspecified atom stereocenters. The normalized spacial score (nSPS) is 9.27. The fraction of sp³-hybridized carbons (Fsp3) is 1.00. The topological polar surface area (TPSA) is 21.3 Å². The van der Waals surface area contributed by atoms with Gasteiger partial charge in [-0.3, -0.25) is 0 Å². The van der Waals surface area contributed by atoms with E-state index >= 15 is 0 Å². The molecule has 0 bridgehead atoms. The molecule has 11 heavy (non-hydrogen) atoms. The van der Waals surface area contributed by atoms with Gasteiger partial charge in [0.2, 0.25) is 0 Å². The van der Waals surface area contributed by atoms with Crippen LogP contribution in [0.2, 0.25) is 0 Å². The van der Waals surface area contributed by atoms with E-state index in [0.29, 0.717) is 0 Å². The summed E-state index contributed by atoms with van der Waals surface area (Å²) in [7, 11) is 0. The van der Waals surface area contributed by atoms with Crippen LogP contribution in [0.1, 0.15) is 39.5 Å². The fourth-order valence-electron chi connectivity index (χ4n) is 0.798. The highest BCUT2D eigenvalue weighted by molar-refractivity contribution is 5.85. The van der Waals surface area contributed by atoms with E-state index in [4.69, 9.17) is 4.84 Å². The summed E-state index contributed by atoms with van der Waals surface area (Å²) in [6.07, 6.45) is 5.19. The maximum atomic E-state index is 4.96. The van der Waals surface area contributed by atoms with E-state index in [1.165, 1.54) is 25.7 Å². The Morgan fingerprint density at radius 1 is 1.09 bits per heavy atom. The van der Waals surface area contributed by atoms with Gasteiger partial charge in [-0.1, -0.05) is 26.2 Å². The number of hydroxylamine groups is 1. The van der Waals surface area contributed by atoms with Crippen LogP contribution in [0.4, 0.5) is 0 Å². The second-order valence-electron chi connectivity index (χ2n) is 2.39. The predicted molar refractivity (Wildman–Crippen MR) is 51.0 cm³/mol. The highest BCUT2D eigenvalue weighted by Crippen LogP contribution is 1.96. The third-order valence-electron chi connectivity index (χ3n) is 1.38. The molecule has 0 aliphatic heterocycles. The second kappa shape index (κ2) is 12.8. The monoisotopic (exact) mass is 181 g/mol. The maximum absolute atomic E-state index is 4.96. The highest BCUT2D eigenvalue weighted by atomic mass is 35.5. The first-order chi connectivity index (χ1) is 4.91. The zero-order valence-corrected chi connectivity index (χ0v) is 8.38. The van der Waals surface area contributed by atoms with Gasteiger partial charge in [-0.15, -0.1) is 12.4 Å². The van der Waals surface area contributed by atoms with Crippen molar-refractivity contribution < 1.29 is 4.84 Å². The largest absolute Gasteiger partial charge is 0.302 e. The standard InChI is InChI=1S/C8H19NO.ClH/c1-3-5-6-7-8-9-10-4-2;/h9H,3-8H2,1-2H3;1H. The van der Waals surface area contributed by atoms with E-state index in [1.807, 2.05) is 6.92 Å². The smallest absolute Gasteiger partial charge is 0.0653 e. The van der Waals surface area contributed by atoms with Gasteiger partial charge in [0.05, 0.1) is 6.61 Å². The summed E-state index contributed by atoms with van der Waals surface area (Å²) < 4.78 is 0. The molecule has 0 amide bonds. The van der Waals surface area contributed by atoms with E-state index in [-0.39, 0.29) is 12.4 Å². The van der Waals surface area contributed by atoms with E-state index in [1.54, 1.807) is 0 Å². The molecule has 0 rings (SSSR count). The van der Waals surface area contributed by atoms with Crippen molar-refractivity contribution >= 4 is 12.4 Å². The molecular weight excluding hydrogens is 162 g/mol. The van der Waals surface area contributed by atoms with Crippen molar-refractivity contribution in [3.8, 4) is 0 Å². The molecule has 0 atom stereocenters. The van der Waals surface area contributed by atoms with Crippen LogP contribution in [0, 0.1) is 0 Å². The van der Waals surface area contributed by atoms with E-state index in [0.717, 1.165) is 13.2 Å². The molecule has 0 aromatic carbocycles. The maximum Gasteiger partial charge on any atom is 0.0653 e. The summed E-state index contributed by atoms with van der Waals surface area (Å²) in [6.45, 7) is 5.95. The summed E-state index contributed by atoms with van der Waals surface area (Å²) in [5.41, 5.74) is 2.89.